The third-order valence-electron chi connectivity index (χ3n) is 5.37. The first-order valence-corrected chi connectivity index (χ1v) is 9.28. The van der Waals surface area contributed by atoms with Crippen molar-refractivity contribution in [1.82, 2.24) is 0 Å². The van der Waals surface area contributed by atoms with Crippen molar-refractivity contribution in [2.45, 2.75) is 33.6 Å². The number of nitrogens with zero attached hydrogens (tertiary/aromatic N) is 2. The molecule has 134 valence electrons. The molecule has 0 radical (unpaired) electrons. The van der Waals surface area contributed by atoms with Crippen LogP contribution in [0.2, 0.25) is 0 Å². The second-order valence-corrected chi connectivity index (χ2v) is 7.56. The van der Waals surface area contributed by atoms with E-state index < -0.39 is 0 Å². The van der Waals surface area contributed by atoms with Gasteiger partial charge in [-0.1, -0.05) is 26.0 Å². The first kappa shape index (κ1) is 17.3. The van der Waals surface area contributed by atoms with Crippen LogP contribution in [0.15, 0.2) is 47.0 Å². The van der Waals surface area contributed by atoms with Gasteiger partial charge in [0.25, 0.3) is 0 Å². The van der Waals surface area contributed by atoms with Crippen LogP contribution in [0.3, 0.4) is 0 Å². The molecular formula is C24H23N2O+. The molecule has 0 aliphatic heterocycles. The van der Waals surface area contributed by atoms with Crippen molar-refractivity contribution in [3.8, 4) is 17.3 Å². The first-order valence-electron chi connectivity index (χ1n) is 9.28. The lowest BCUT2D eigenvalue weighted by Crippen LogP contribution is -2.30. The van der Waals surface area contributed by atoms with Gasteiger partial charge in [-0.05, 0) is 48.6 Å². The van der Waals surface area contributed by atoms with Gasteiger partial charge in [-0.2, -0.15) is 5.26 Å². The van der Waals surface area contributed by atoms with Crippen molar-refractivity contribution in [2.24, 2.45) is 7.05 Å². The maximum atomic E-state index is 9.72. The zero-order valence-electron chi connectivity index (χ0n) is 16.4. The number of benzene rings is 2. The van der Waals surface area contributed by atoms with E-state index in [1.54, 1.807) is 0 Å². The molecule has 0 aliphatic rings. The fraction of sp³-hybridized carbons (Fsp3) is 0.250. The van der Waals surface area contributed by atoms with Crippen molar-refractivity contribution < 1.29 is 8.98 Å². The molecule has 0 unspecified atom stereocenters. The van der Waals surface area contributed by atoms with E-state index in [1.807, 2.05) is 37.5 Å². The van der Waals surface area contributed by atoms with Crippen molar-refractivity contribution in [1.29, 1.82) is 5.26 Å². The molecule has 0 fully saturated rings. The molecule has 2 heterocycles. The third kappa shape index (κ3) is 2.52. The van der Waals surface area contributed by atoms with E-state index >= 15 is 0 Å². The minimum Gasteiger partial charge on any atom is -0.455 e. The molecule has 27 heavy (non-hydrogen) atoms. The van der Waals surface area contributed by atoms with Crippen molar-refractivity contribution >= 4 is 21.9 Å². The number of furan rings is 1. The Morgan fingerprint density at radius 1 is 1.00 bits per heavy atom. The Morgan fingerprint density at radius 2 is 1.78 bits per heavy atom. The molecule has 2 aromatic heterocycles. The summed E-state index contributed by atoms with van der Waals surface area (Å²) in [5.41, 5.74) is 8.02. The SMILES string of the molecule is Cc1cc(C)c2c(oc3c(C(C)C)ccc(C#N)c32)c1-c1cccc[n+]1C. The van der Waals surface area contributed by atoms with Gasteiger partial charge in [-0.3, -0.25) is 0 Å². The second-order valence-electron chi connectivity index (χ2n) is 7.56. The highest BCUT2D eigenvalue weighted by Gasteiger charge is 2.24. The molecule has 3 nitrogen and oxygen atoms in total. The number of hydrogen-bond acceptors (Lipinski definition) is 2. The number of nitriles is 1. The highest BCUT2D eigenvalue weighted by atomic mass is 16.3. The number of aryl methyl sites for hydroxylation is 3. The summed E-state index contributed by atoms with van der Waals surface area (Å²) in [4.78, 5) is 0. The van der Waals surface area contributed by atoms with Crippen LogP contribution >= 0.6 is 0 Å². The Kier molecular flexibility index (Phi) is 4.00. The molecule has 2 aromatic carbocycles. The normalized spacial score (nSPS) is 11.4. The minimum atomic E-state index is 0.318. The fourth-order valence-corrected chi connectivity index (χ4v) is 4.07. The van der Waals surface area contributed by atoms with Gasteiger partial charge in [0.05, 0.1) is 17.2 Å². The minimum absolute atomic E-state index is 0.318. The number of rotatable bonds is 2. The predicted molar refractivity (Wildman–Crippen MR) is 109 cm³/mol. The molecule has 0 spiro atoms. The first-order chi connectivity index (χ1) is 12.9. The second kappa shape index (κ2) is 6.25. The molecule has 4 rings (SSSR count). The van der Waals surface area contributed by atoms with E-state index in [-0.39, 0.29) is 0 Å². The molecule has 4 aromatic rings. The lowest BCUT2D eigenvalue weighted by Gasteiger charge is -2.07. The average Bonchev–Trinajstić information content (AvgIpc) is 3.02. The number of hydrogen-bond donors (Lipinski definition) is 0. The van der Waals surface area contributed by atoms with Crippen LogP contribution in [0.4, 0.5) is 0 Å². The summed E-state index contributed by atoms with van der Waals surface area (Å²) in [5.74, 6) is 0.318. The number of pyridine rings is 1. The Hall–Kier alpha value is -3.12. The van der Waals surface area contributed by atoms with Crippen molar-refractivity contribution in [3.63, 3.8) is 0 Å². The Balaban J connectivity index is 2.26. The van der Waals surface area contributed by atoms with Crippen molar-refractivity contribution in [3.05, 3.63) is 64.8 Å². The smallest absolute Gasteiger partial charge is 0.216 e. The zero-order valence-corrected chi connectivity index (χ0v) is 16.4. The Morgan fingerprint density at radius 3 is 2.44 bits per heavy atom. The van der Waals surface area contributed by atoms with Gasteiger partial charge in [-0.25, -0.2) is 4.57 Å². The number of aromatic nitrogens is 1. The number of fused-ring (bicyclic) bond motifs is 3. The largest absolute Gasteiger partial charge is 0.455 e. The summed E-state index contributed by atoms with van der Waals surface area (Å²) < 4.78 is 8.64. The van der Waals surface area contributed by atoms with Gasteiger partial charge in [-0.15, -0.1) is 0 Å². The maximum absolute atomic E-state index is 9.72. The van der Waals surface area contributed by atoms with Crippen LogP contribution in [0.25, 0.3) is 33.2 Å². The zero-order chi connectivity index (χ0) is 19.3. The van der Waals surface area contributed by atoms with E-state index in [0.29, 0.717) is 11.5 Å². The summed E-state index contributed by atoms with van der Waals surface area (Å²) >= 11 is 0. The standard InChI is InChI=1S/C24H23N2O/c1-14(2)18-10-9-17(13-25)22-21-16(4)12-15(3)20(24(21)27-23(18)22)19-8-6-7-11-26(19)5/h6-12,14H,1-5H3/q+1. The van der Waals surface area contributed by atoms with Gasteiger partial charge < -0.3 is 4.42 Å². The molecule has 0 bridgehead atoms. The van der Waals surface area contributed by atoms with Gasteiger partial charge >= 0.3 is 0 Å². The summed E-state index contributed by atoms with van der Waals surface area (Å²) in [6.07, 6.45) is 2.05. The molecular weight excluding hydrogens is 332 g/mol. The Bertz CT molecular complexity index is 1240. The monoisotopic (exact) mass is 355 g/mol. The van der Waals surface area contributed by atoms with Gasteiger partial charge in [0.2, 0.25) is 5.69 Å². The van der Waals surface area contributed by atoms with Crippen LogP contribution in [0, 0.1) is 25.2 Å². The third-order valence-corrected chi connectivity index (χ3v) is 5.37. The van der Waals surface area contributed by atoms with Gasteiger partial charge in [0.15, 0.2) is 6.20 Å². The van der Waals surface area contributed by atoms with E-state index in [0.717, 1.165) is 44.3 Å². The maximum Gasteiger partial charge on any atom is 0.216 e. The molecule has 3 heteroatoms. The van der Waals surface area contributed by atoms with E-state index in [1.165, 1.54) is 5.56 Å². The van der Waals surface area contributed by atoms with Crippen LogP contribution < -0.4 is 4.57 Å². The highest BCUT2D eigenvalue weighted by molar-refractivity contribution is 6.14. The van der Waals surface area contributed by atoms with Crippen LogP contribution in [-0.2, 0) is 7.05 Å². The Labute approximate surface area is 159 Å². The fourth-order valence-electron chi connectivity index (χ4n) is 4.07. The van der Waals surface area contributed by atoms with Gasteiger partial charge in [0.1, 0.15) is 18.2 Å². The van der Waals surface area contributed by atoms with Crippen LogP contribution in [0.5, 0.6) is 0 Å². The van der Waals surface area contributed by atoms with Crippen molar-refractivity contribution in [2.75, 3.05) is 0 Å². The lowest BCUT2D eigenvalue weighted by atomic mass is 9.93. The van der Waals surface area contributed by atoms with Crippen LogP contribution in [-0.4, -0.2) is 0 Å². The average molecular weight is 355 g/mol. The summed E-state index contributed by atoms with van der Waals surface area (Å²) in [6, 6.07) is 14.7. The highest BCUT2D eigenvalue weighted by Crippen LogP contribution is 2.42. The molecule has 0 aliphatic carbocycles. The van der Waals surface area contributed by atoms with E-state index in [9.17, 15) is 5.26 Å². The molecule has 0 atom stereocenters. The van der Waals surface area contributed by atoms with E-state index in [2.05, 4.69) is 50.5 Å². The molecule has 0 saturated carbocycles. The van der Waals surface area contributed by atoms with Crippen LogP contribution in [0.1, 0.15) is 42.0 Å². The van der Waals surface area contributed by atoms with Gasteiger partial charge in [0, 0.05) is 22.9 Å². The summed E-state index contributed by atoms with van der Waals surface area (Å²) in [5, 5.41) is 11.7. The molecule has 0 saturated heterocycles. The lowest BCUT2D eigenvalue weighted by molar-refractivity contribution is -0.660. The summed E-state index contributed by atoms with van der Waals surface area (Å²) in [7, 11) is 2.05. The van der Waals surface area contributed by atoms with E-state index in [4.69, 9.17) is 4.42 Å². The quantitative estimate of drug-likeness (QED) is 0.433. The topological polar surface area (TPSA) is 40.8 Å². The predicted octanol–water partition coefficient (Wildman–Crippen LogP) is 5.69. The molecule has 0 N–H and O–H groups in total. The molecule has 0 amide bonds. The summed E-state index contributed by atoms with van der Waals surface area (Å²) in [6.45, 7) is 8.53.